The number of hydrogen-bond acceptors (Lipinski definition) is 6. The van der Waals surface area contributed by atoms with Crippen LogP contribution in [0.15, 0.2) is 24.3 Å². The van der Waals surface area contributed by atoms with Gasteiger partial charge in [-0.3, -0.25) is 4.79 Å². The summed E-state index contributed by atoms with van der Waals surface area (Å²) in [5.41, 5.74) is 0.623. The predicted molar refractivity (Wildman–Crippen MR) is 113 cm³/mol. The minimum atomic E-state index is -0.836. The fourth-order valence-corrected chi connectivity index (χ4v) is 3.15. The minimum Gasteiger partial charge on any atom is -0.450 e. The lowest BCUT2D eigenvalue weighted by Gasteiger charge is -2.36. The molecule has 168 valence electrons. The molecule has 9 nitrogen and oxygen atoms in total. The van der Waals surface area contributed by atoms with Crippen molar-refractivity contribution >= 4 is 18.1 Å². The van der Waals surface area contributed by atoms with E-state index in [2.05, 4.69) is 11.4 Å². The molecule has 3 amide bonds. The van der Waals surface area contributed by atoms with Gasteiger partial charge in [-0.05, 0) is 45.4 Å². The third-order valence-corrected chi connectivity index (χ3v) is 4.63. The van der Waals surface area contributed by atoms with E-state index in [9.17, 15) is 14.4 Å². The molecule has 31 heavy (non-hydrogen) atoms. The van der Waals surface area contributed by atoms with Crippen LogP contribution in [0.25, 0.3) is 0 Å². The number of hydrogen-bond donors (Lipinski definition) is 1. The normalized spacial score (nSPS) is 14.9. The van der Waals surface area contributed by atoms with Crippen LogP contribution >= 0.6 is 0 Å². The predicted octanol–water partition coefficient (Wildman–Crippen LogP) is 2.29. The van der Waals surface area contributed by atoms with Gasteiger partial charge in [0.05, 0.1) is 18.2 Å². The van der Waals surface area contributed by atoms with Crippen LogP contribution in [0.4, 0.5) is 9.59 Å². The zero-order valence-electron chi connectivity index (χ0n) is 18.5. The number of nitrogens with one attached hydrogen (secondary N) is 1. The van der Waals surface area contributed by atoms with E-state index in [0.29, 0.717) is 38.3 Å². The van der Waals surface area contributed by atoms with Gasteiger partial charge in [-0.15, -0.1) is 0 Å². The summed E-state index contributed by atoms with van der Waals surface area (Å²) < 4.78 is 10.3. The van der Waals surface area contributed by atoms with Crippen LogP contribution in [0.5, 0.6) is 0 Å². The van der Waals surface area contributed by atoms with Crippen molar-refractivity contribution in [2.24, 2.45) is 0 Å². The molecule has 0 bridgehead atoms. The summed E-state index contributed by atoms with van der Waals surface area (Å²) in [7, 11) is 0. The molecule has 1 saturated heterocycles. The van der Waals surface area contributed by atoms with E-state index in [0.717, 1.165) is 5.56 Å². The fourth-order valence-electron chi connectivity index (χ4n) is 3.15. The van der Waals surface area contributed by atoms with Gasteiger partial charge in [0.1, 0.15) is 11.6 Å². The molecule has 1 aliphatic heterocycles. The van der Waals surface area contributed by atoms with Gasteiger partial charge in [-0.1, -0.05) is 12.1 Å². The third-order valence-electron chi connectivity index (χ3n) is 4.63. The van der Waals surface area contributed by atoms with Crippen LogP contribution in [-0.4, -0.2) is 72.3 Å². The Morgan fingerprint density at radius 3 is 2.19 bits per heavy atom. The average molecular weight is 431 g/mol. The highest BCUT2D eigenvalue weighted by molar-refractivity contribution is 5.86. The first kappa shape index (κ1) is 24.0. The van der Waals surface area contributed by atoms with Crippen molar-refractivity contribution in [1.82, 2.24) is 15.1 Å². The standard InChI is InChI=1S/C22H30N4O5/c1-5-30-21(29)26-12-10-25(11-13-26)19(27)18(24-20(28)31-22(2,3)4)14-16-6-8-17(15-23)9-7-16/h6-9,18H,5,10-14H2,1-4H3,(H,24,28)/t18-/m0/s1. The number of piperazine rings is 1. The molecule has 1 aromatic carbocycles. The van der Waals surface area contributed by atoms with E-state index in [1.54, 1.807) is 61.8 Å². The Hall–Kier alpha value is -3.28. The third kappa shape index (κ3) is 7.48. The van der Waals surface area contributed by atoms with Crippen LogP contribution in [-0.2, 0) is 20.7 Å². The van der Waals surface area contributed by atoms with Gasteiger partial charge in [-0.2, -0.15) is 5.26 Å². The van der Waals surface area contributed by atoms with E-state index in [1.165, 1.54) is 0 Å². The molecule has 1 aliphatic rings. The molecule has 1 aromatic rings. The van der Waals surface area contributed by atoms with Crippen molar-refractivity contribution in [3.63, 3.8) is 0 Å². The molecular weight excluding hydrogens is 400 g/mol. The quantitative estimate of drug-likeness (QED) is 0.767. The van der Waals surface area contributed by atoms with E-state index in [-0.39, 0.29) is 12.3 Å². The zero-order valence-corrected chi connectivity index (χ0v) is 18.5. The van der Waals surface area contributed by atoms with Crippen LogP contribution in [0.3, 0.4) is 0 Å². The number of amides is 3. The summed E-state index contributed by atoms with van der Waals surface area (Å²) in [5, 5.41) is 11.6. The number of nitriles is 1. The Kier molecular flexibility index (Phi) is 8.25. The smallest absolute Gasteiger partial charge is 0.409 e. The Labute approximate surface area is 182 Å². The maximum atomic E-state index is 13.2. The summed E-state index contributed by atoms with van der Waals surface area (Å²) in [6.07, 6.45) is -0.817. The summed E-state index contributed by atoms with van der Waals surface area (Å²) in [5.74, 6) is -0.251. The highest BCUT2D eigenvalue weighted by Crippen LogP contribution is 2.13. The van der Waals surface area contributed by atoms with Gasteiger partial charge in [-0.25, -0.2) is 9.59 Å². The van der Waals surface area contributed by atoms with Gasteiger partial charge >= 0.3 is 12.2 Å². The van der Waals surface area contributed by atoms with E-state index in [4.69, 9.17) is 14.7 Å². The van der Waals surface area contributed by atoms with Gasteiger partial charge < -0.3 is 24.6 Å². The molecule has 1 heterocycles. The lowest BCUT2D eigenvalue weighted by Crippen LogP contribution is -2.56. The molecule has 1 N–H and O–H groups in total. The molecule has 0 spiro atoms. The summed E-state index contributed by atoms with van der Waals surface area (Å²) in [4.78, 5) is 40.6. The Balaban J connectivity index is 2.09. The van der Waals surface area contributed by atoms with E-state index >= 15 is 0 Å². The summed E-state index contributed by atoms with van der Waals surface area (Å²) in [6.45, 7) is 8.70. The summed E-state index contributed by atoms with van der Waals surface area (Å²) >= 11 is 0. The fraction of sp³-hybridized carbons (Fsp3) is 0.545. The Morgan fingerprint density at radius 2 is 1.68 bits per heavy atom. The first-order chi connectivity index (χ1) is 14.6. The van der Waals surface area contributed by atoms with Crippen molar-refractivity contribution in [2.45, 2.75) is 45.8 Å². The molecule has 0 aliphatic carbocycles. The number of carbonyl (C=O) groups is 3. The van der Waals surface area contributed by atoms with Crippen molar-refractivity contribution < 1.29 is 23.9 Å². The van der Waals surface area contributed by atoms with Gasteiger partial charge in [0, 0.05) is 32.6 Å². The second kappa shape index (κ2) is 10.7. The van der Waals surface area contributed by atoms with Crippen molar-refractivity contribution in [3.8, 4) is 6.07 Å². The lowest BCUT2D eigenvalue weighted by atomic mass is 10.0. The van der Waals surface area contributed by atoms with Crippen molar-refractivity contribution in [2.75, 3.05) is 32.8 Å². The van der Waals surface area contributed by atoms with Gasteiger partial charge in [0.25, 0.3) is 0 Å². The molecule has 0 saturated carbocycles. The van der Waals surface area contributed by atoms with Crippen LogP contribution in [0.1, 0.15) is 38.8 Å². The second-order valence-corrected chi connectivity index (χ2v) is 8.22. The number of carbonyl (C=O) groups excluding carboxylic acids is 3. The molecule has 0 radical (unpaired) electrons. The number of rotatable bonds is 5. The highest BCUT2D eigenvalue weighted by atomic mass is 16.6. The lowest BCUT2D eigenvalue weighted by molar-refractivity contribution is -0.135. The number of alkyl carbamates (subject to hydrolysis) is 1. The summed E-state index contributed by atoms with van der Waals surface area (Å²) in [6, 6.07) is 8.07. The maximum Gasteiger partial charge on any atom is 0.409 e. The first-order valence-electron chi connectivity index (χ1n) is 10.3. The molecule has 2 rings (SSSR count). The van der Waals surface area contributed by atoms with Crippen LogP contribution in [0, 0.1) is 11.3 Å². The molecule has 0 aromatic heterocycles. The number of ether oxygens (including phenoxy) is 2. The number of benzene rings is 1. The monoisotopic (exact) mass is 430 g/mol. The first-order valence-corrected chi connectivity index (χ1v) is 10.3. The largest absolute Gasteiger partial charge is 0.450 e. The van der Waals surface area contributed by atoms with E-state index in [1.807, 2.05) is 0 Å². The van der Waals surface area contributed by atoms with Crippen molar-refractivity contribution in [1.29, 1.82) is 5.26 Å². The topological polar surface area (TPSA) is 112 Å². The second-order valence-electron chi connectivity index (χ2n) is 8.22. The van der Waals surface area contributed by atoms with Gasteiger partial charge in [0.15, 0.2) is 0 Å². The molecule has 0 unspecified atom stereocenters. The molecule has 1 atom stereocenters. The highest BCUT2D eigenvalue weighted by Gasteiger charge is 2.31. The number of nitrogens with zero attached hydrogens (tertiary/aromatic N) is 3. The molecule has 1 fully saturated rings. The average Bonchev–Trinajstić information content (AvgIpc) is 2.72. The zero-order chi connectivity index (χ0) is 23.0. The van der Waals surface area contributed by atoms with Gasteiger partial charge in [0.2, 0.25) is 5.91 Å². The van der Waals surface area contributed by atoms with E-state index < -0.39 is 23.8 Å². The molecule has 9 heteroatoms. The maximum absolute atomic E-state index is 13.2. The SMILES string of the molecule is CCOC(=O)N1CCN(C(=O)[C@H](Cc2ccc(C#N)cc2)NC(=O)OC(C)(C)C)CC1. The molecular formula is C22H30N4O5. The van der Waals surface area contributed by atoms with Crippen LogP contribution in [0.2, 0.25) is 0 Å². The van der Waals surface area contributed by atoms with Crippen molar-refractivity contribution in [3.05, 3.63) is 35.4 Å². The minimum absolute atomic E-state index is 0.251. The van der Waals surface area contributed by atoms with Crippen LogP contribution < -0.4 is 5.32 Å². The Bertz CT molecular complexity index is 818. The Morgan fingerprint density at radius 1 is 1.10 bits per heavy atom.